The van der Waals surface area contributed by atoms with Crippen molar-refractivity contribution < 1.29 is 35.8 Å². The van der Waals surface area contributed by atoms with Gasteiger partial charge in [0, 0.05) is 6.07 Å². The number of benzene rings is 2. The van der Waals surface area contributed by atoms with Crippen LogP contribution in [0.25, 0.3) is 6.08 Å². The van der Waals surface area contributed by atoms with Gasteiger partial charge in [0.1, 0.15) is 10.7 Å². The maximum atomic E-state index is 12.7. The third-order valence-corrected chi connectivity index (χ3v) is 5.43. The van der Waals surface area contributed by atoms with Crippen LogP contribution in [-0.2, 0) is 20.2 Å². The van der Waals surface area contributed by atoms with Crippen molar-refractivity contribution in [1.82, 2.24) is 0 Å². The minimum absolute atomic E-state index is 0.330. The van der Waals surface area contributed by atoms with Crippen LogP contribution in [0.4, 0.5) is 5.69 Å². The van der Waals surface area contributed by atoms with Gasteiger partial charge >= 0.3 is 0 Å². The molecule has 0 amide bonds. The summed E-state index contributed by atoms with van der Waals surface area (Å²) in [5.74, 6) is -1.89. The molecule has 0 spiro atoms. The SMILES string of the molecule is O=C1/C(=N\Nc2ccccc2)C(S(=O)(=O)O)=Cc2cc(S(=O)(=O)O)cc(O)c21. The summed E-state index contributed by atoms with van der Waals surface area (Å²) in [6.45, 7) is 0. The number of nitrogens with zero attached hydrogens (tertiary/aromatic N) is 1. The monoisotopic (exact) mass is 424 g/mol. The Morgan fingerprint density at radius 3 is 2.14 bits per heavy atom. The average molecular weight is 424 g/mol. The van der Waals surface area contributed by atoms with Crippen LogP contribution < -0.4 is 5.43 Å². The van der Waals surface area contributed by atoms with E-state index in [9.17, 15) is 31.3 Å². The van der Waals surface area contributed by atoms with Gasteiger partial charge in [0.25, 0.3) is 20.2 Å². The Bertz CT molecular complexity index is 1250. The van der Waals surface area contributed by atoms with Gasteiger partial charge in [-0.25, -0.2) is 0 Å². The highest BCUT2D eigenvalue weighted by Gasteiger charge is 2.35. The van der Waals surface area contributed by atoms with Crippen molar-refractivity contribution in [2.75, 3.05) is 5.43 Å². The van der Waals surface area contributed by atoms with E-state index in [-0.39, 0.29) is 5.56 Å². The Morgan fingerprint density at radius 1 is 0.929 bits per heavy atom. The number of anilines is 1. The Hall–Kier alpha value is -3.06. The molecule has 2 aromatic carbocycles. The Labute approximate surface area is 159 Å². The topological polar surface area (TPSA) is 170 Å². The number of hydrogen-bond donors (Lipinski definition) is 4. The largest absolute Gasteiger partial charge is 0.507 e. The van der Waals surface area contributed by atoms with Crippen LogP contribution in [0.5, 0.6) is 5.75 Å². The van der Waals surface area contributed by atoms with E-state index in [0.717, 1.165) is 12.1 Å². The van der Waals surface area contributed by atoms with Crippen molar-refractivity contribution in [3.63, 3.8) is 0 Å². The number of aromatic hydroxyl groups is 1. The van der Waals surface area contributed by atoms with Gasteiger partial charge in [-0.15, -0.1) is 0 Å². The number of nitrogens with one attached hydrogen (secondary N) is 1. The number of hydrogen-bond acceptors (Lipinski definition) is 8. The molecule has 0 heterocycles. The van der Waals surface area contributed by atoms with Crippen molar-refractivity contribution in [2.24, 2.45) is 5.10 Å². The van der Waals surface area contributed by atoms with E-state index < -0.39 is 52.8 Å². The van der Waals surface area contributed by atoms with Crippen molar-refractivity contribution in [3.05, 3.63) is 58.5 Å². The first kappa shape index (κ1) is 19.7. The van der Waals surface area contributed by atoms with Crippen LogP contribution >= 0.6 is 0 Å². The summed E-state index contributed by atoms with van der Waals surface area (Å²) in [5.41, 5.74) is 1.40. The second kappa shape index (κ2) is 6.83. The smallest absolute Gasteiger partial charge is 0.296 e. The lowest BCUT2D eigenvalue weighted by Gasteiger charge is -2.18. The van der Waals surface area contributed by atoms with Gasteiger partial charge in [-0.05, 0) is 29.8 Å². The minimum atomic E-state index is -4.94. The van der Waals surface area contributed by atoms with Gasteiger partial charge in [0.15, 0.2) is 5.71 Å². The van der Waals surface area contributed by atoms with Gasteiger partial charge in [0.05, 0.1) is 16.1 Å². The number of para-hydroxylation sites is 1. The zero-order chi connectivity index (χ0) is 20.7. The van der Waals surface area contributed by atoms with Crippen molar-refractivity contribution in [3.8, 4) is 5.75 Å². The van der Waals surface area contributed by atoms with Crippen LogP contribution in [0, 0.1) is 0 Å². The molecule has 146 valence electrons. The third-order valence-electron chi connectivity index (χ3n) is 3.73. The first-order valence-corrected chi connectivity index (χ1v) is 10.3. The molecule has 0 unspecified atom stereocenters. The number of Topliss-reactive ketones (excluding diaryl/α,β-unsaturated/α-hetero) is 1. The van der Waals surface area contributed by atoms with Crippen LogP contribution in [-0.4, -0.2) is 42.5 Å². The van der Waals surface area contributed by atoms with E-state index in [4.69, 9.17) is 4.55 Å². The highest BCUT2D eigenvalue weighted by molar-refractivity contribution is 7.91. The fourth-order valence-corrected chi connectivity index (χ4v) is 3.70. The molecule has 0 atom stereocenters. The number of carbonyl (C=O) groups is 1. The molecule has 2 aromatic rings. The Balaban J connectivity index is 2.21. The maximum Gasteiger partial charge on any atom is 0.296 e. The molecule has 1 aliphatic rings. The average Bonchev–Trinajstić information content (AvgIpc) is 2.59. The van der Waals surface area contributed by atoms with E-state index >= 15 is 0 Å². The molecular weight excluding hydrogens is 412 g/mol. The van der Waals surface area contributed by atoms with Crippen LogP contribution in [0.3, 0.4) is 0 Å². The lowest BCUT2D eigenvalue weighted by atomic mass is 9.94. The number of allylic oxidation sites excluding steroid dienone is 1. The zero-order valence-corrected chi connectivity index (χ0v) is 15.4. The summed E-state index contributed by atoms with van der Waals surface area (Å²) in [4.78, 5) is 11.1. The highest BCUT2D eigenvalue weighted by atomic mass is 32.2. The van der Waals surface area contributed by atoms with E-state index in [1.165, 1.54) is 0 Å². The fraction of sp³-hybridized carbons (Fsp3) is 0. The van der Waals surface area contributed by atoms with E-state index in [2.05, 4.69) is 10.5 Å². The second-order valence-electron chi connectivity index (χ2n) is 5.63. The molecule has 28 heavy (non-hydrogen) atoms. The van der Waals surface area contributed by atoms with Crippen molar-refractivity contribution in [1.29, 1.82) is 0 Å². The quantitative estimate of drug-likeness (QED) is 0.420. The number of ketones is 1. The summed E-state index contributed by atoms with van der Waals surface area (Å²) < 4.78 is 64.6. The molecule has 0 saturated heterocycles. The summed E-state index contributed by atoms with van der Waals surface area (Å²) in [7, 11) is -9.68. The van der Waals surface area contributed by atoms with Crippen molar-refractivity contribution >= 4 is 43.5 Å². The van der Waals surface area contributed by atoms with Crippen molar-refractivity contribution in [2.45, 2.75) is 4.90 Å². The van der Waals surface area contributed by atoms with E-state index in [1.54, 1.807) is 30.3 Å². The Morgan fingerprint density at radius 2 is 1.57 bits per heavy atom. The fourth-order valence-electron chi connectivity index (χ4n) is 2.51. The molecule has 0 bridgehead atoms. The van der Waals surface area contributed by atoms with E-state index in [1.807, 2.05) is 0 Å². The number of carbonyl (C=O) groups excluding carboxylic acids is 1. The normalized spacial score (nSPS) is 15.9. The van der Waals surface area contributed by atoms with Gasteiger partial charge < -0.3 is 5.11 Å². The first-order valence-electron chi connectivity index (χ1n) is 7.46. The lowest BCUT2D eigenvalue weighted by molar-refractivity contribution is 0.106. The van der Waals surface area contributed by atoms with Gasteiger partial charge in [-0.3, -0.25) is 19.3 Å². The number of phenols is 1. The molecular formula is C16H12N2O8S2. The predicted octanol–water partition coefficient (Wildman–Crippen LogP) is 1.53. The number of phenolic OH excluding ortho intramolecular Hbond substituents is 1. The second-order valence-corrected chi connectivity index (χ2v) is 8.44. The third kappa shape index (κ3) is 3.80. The molecule has 4 N–H and O–H groups in total. The minimum Gasteiger partial charge on any atom is -0.507 e. The number of fused-ring (bicyclic) bond motifs is 1. The molecule has 0 radical (unpaired) electrons. The zero-order valence-electron chi connectivity index (χ0n) is 13.8. The van der Waals surface area contributed by atoms with Gasteiger partial charge in [0.2, 0.25) is 5.78 Å². The van der Waals surface area contributed by atoms with Crippen LogP contribution in [0.2, 0.25) is 0 Å². The van der Waals surface area contributed by atoms with Gasteiger partial charge in [-0.1, -0.05) is 18.2 Å². The predicted molar refractivity (Wildman–Crippen MR) is 99.3 cm³/mol. The first-order chi connectivity index (χ1) is 13.0. The summed E-state index contributed by atoms with van der Waals surface area (Å²) in [6, 6.07) is 9.62. The molecule has 0 aliphatic heterocycles. The lowest BCUT2D eigenvalue weighted by Crippen LogP contribution is -2.27. The molecule has 0 fully saturated rings. The summed E-state index contributed by atoms with van der Waals surface area (Å²) in [5, 5.41) is 13.8. The molecule has 1 aliphatic carbocycles. The Kier molecular flexibility index (Phi) is 4.81. The number of rotatable bonds is 4. The molecule has 0 aromatic heterocycles. The highest BCUT2D eigenvalue weighted by Crippen LogP contribution is 2.33. The molecule has 3 rings (SSSR count). The van der Waals surface area contributed by atoms with E-state index in [0.29, 0.717) is 11.8 Å². The summed E-state index contributed by atoms with van der Waals surface area (Å²) >= 11 is 0. The molecule has 12 heteroatoms. The summed E-state index contributed by atoms with van der Waals surface area (Å²) in [6.07, 6.45) is 0.770. The molecule has 0 saturated carbocycles. The maximum absolute atomic E-state index is 12.7. The van der Waals surface area contributed by atoms with Gasteiger partial charge in [-0.2, -0.15) is 21.9 Å². The van der Waals surface area contributed by atoms with Crippen LogP contribution in [0.15, 0.2) is 57.4 Å². The molecule has 10 nitrogen and oxygen atoms in total. The number of hydrazone groups is 1. The standard InChI is InChI=1S/C16H12N2O8S2/c19-12-8-11(27(21,22)23)6-9-7-13(28(24,25)26)15(16(20)14(9)12)18-17-10-4-2-1-3-5-10/h1-8,17,19H,(H,21,22,23)(H,24,25,26)/b18-15-. The van der Waals surface area contributed by atoms with Crippen LogP contribution in [0.1, 0.15) is 15.9 Å².